The van der Waals surface area contributed by atoms with Gasteiger partial charge < -0.3 is 9.88 Å². The van der Waals surface area contributed by atoms with E-state index in [9.17, 15) is 13.2 Å². The molecule has 7 nitrogen and oxygen atoms in total. The smallest absolute Gasteiger partial charge is 0.276 e. The average Bonchev–Trinajstić information content (AvgIpc) is 3.14. The summed E-state index contributed by atoms with van der Waals surface area (Å²) in [5.74, 6) is -0.365. The van der Waals surface area contributed by atoms with Gasteiger partial charge in [-0.25, -0.2) is 17.7 Å². The molecule has 0 fully saturated rings. The molecular formula is C22H26N4O3S. The van der Waals surface area contributed by atoms with Gasteiger partial charge in [-0.3, -0.25) is 4.79 Å². The van der Waals surface area contributed by atoms with E-state index in [1.165, 1.54) is 26.2 Å². The number of aromatic nitrogens is 2. The summed E-state index contributed by atoms with van der Waals surface area (Å²) in [5.41, 5.74) is 3.29. The minimum Gasteiger partial charge on any atom is -0.320 e. The van der Waals surface area contributed by atoms with Crippen LogP contribution in [0.1, 0.15) is 35.1 Å². The number of aryl methyl sites for hydroxylation is 1. The van der Waals surface area contributed by atoms with Gasteiger partial charge in [-0.1, -0.05) is 37.6 Å². The number of hydrogen-bond donors (Lipinski definition) is 1. The van der Waals surface area contributed by atoms with Gasteiger partial charge in [0.1, 0.15) is 12.0 Å². The topological polar surface area (TPSA) is 84.3 Å². The van der Waals surface area contributed by atoms with E-state index in [0.29, 0.717) is 17.8 Å². The van der Waals surface area contributed by atoms with Gasteiger partial charge in [-0.05, 0) is 43.2 Å². The monoisotopic (exact) mass is 426 g/mol. The Morgan fingerprint density at radius 3 is 2.47 bits per heavy atom. The largest absolute Gasteiger partial charge is 0.320 e. The van der Waals surface area contributed by atoms with Crippen molar-refractivity contribution in [3.63, 3.8) is 0 Å². The SMILES string of the molecule is CCCc1c(C(=O)Nc2cc(S(=O)(=O)N(C)C)ccc2C)ncn1-c1ccccc1. The van der Waals surface area contributed by atoms with Crippen LogP contribution in [0.15, 0.2) is 59.8 Å². The highest BCUT2D eigenvalue weighted by atomic mass is 32.2. The van der Waals surface area contributed by atoms with E-state index >= 15 is 0 Å². The molecule has 0 aliphatic heterocycles. The normalized spacial score (nSPS) is 11.6. The standard InChI is InChI=1S/C22H26N4O3S/c1-5-9-20-21(23-15-26(20)17-10-7-6-8-11-17)22(27)24-19-14-18(13-12-16(19)2)30(28,29)25(3)4/h6-8,10-15H,5,9H2,1-4H3,(H,24,27). The van der Waals surface area contributed by atoms with Crippen molar-refractivity contribution >= 4 is 21.6 Å². The predicted molar refractivity (Wildman–Crippen MR) is 118 cm³/mol. The number of anilines is 1. The van der Waals surface area contributed by atoms with Crippen molar-refractivity contribution in [2.24, 2.45) is 0 Å². The Hall–Kier alpha value is -2.97. The highest BCUT2D eigenvalue weighted by Gasteiger charge is 2.21. The molecule has 0 aliphatic carbocycles. The van der Waals surface area contributed by atoms with E-state index in [1.54, 1.807) is 12.4 Å². The van der Waals surface area contributed by atoms with Crippen molar-refractivity contribution in [2.45, 2.75) is 31.6 Å². The summed E-state index contributed by atoms with van der Waals surface area (Å²) in [4.78, 5) is 17.5. The van der Waals surface area contributed by atoms with Crippen LogP contribution in [-0.4, -0.2) is 42.3 Å². The average molecular weight is 427 g/mol. The Morgan fingerprint density at radius 2 is 1.83 bits per heavy atom. The van der Waals surface area contributed by atoms with E-state index in [0.717, 1.165) is 27.7 Å². The van der Waals surface area contributed by atoms with Crippen LogP contribution in [0.2, 0.25) is 0 Å². The van der Waals surface area contributed by atoms with Gasteiger partial charge in [0, 0.05) is 25.5 Å². The van der Waals surface area contributed by atoms with Crippen LogP contribution in [0.25, 0.3) is 5.69 Å². The van der Waals surface area contributed by atoms with Crippen LogP contribution in [0.5, 0.6) is 0 Å². The first-order valence-corrected chi connectivity index (χ1v) is 11.2. The van der Waals surface area contributed by atoms with Gasteiger partial charge in [-0.2, -0.15) is 0 Å². The number of carbonyl (C=O) groups excluding carboxylic acids is 1. The molecule has 30 heavy (non-hydrogen) atoms. The molecule has 0 radical (unpaired) electrons. The fourth-order valence-electron chi connectivity index (χ4n) is 3.14. The maximum absolute atomic E-state index is 13.1. The first-order valence-electron chi connectivity index (χ1n) is 9.72. The Labute approximate surface area is 177 Å². The summed E-state index contributed by atoms with van der Waals surface area (Å²) in [7, 11) is -0.657. The van der Waals surface area contributed by atoms with Crippen molar-refractivity contribution in [3.05, 3.63) is 71.8 Å². The molecule has 1 heterocycles. The maximum atomic E-state index is 13.1. The number of amides is 1. The Morgan fingerprint density at radius 1 is 1.13 bits per heavy atom. The molecular weight excluding hydrogens is 400 g/mol. The van der Waals surface area contributed by atoms with Gasteiger partial charge >= 0.3 is 0 Å². The zero-order valence-electron chi connectivity index (χ0n) is 17.6. The van der Waals surface area contributed by atoms with Crippen LogP contribution in [0.3, 0.4) is 0 Å². The molecule has 1 N–H and O–H groups in total. The lowest BCUT2D eigenvalue weighted by molar-refractivity contribution is 0.102. The fourth-order valence-corrected chi connectivity index (χ4v) is 4.07. The third kappa shape index (κ3) is 4.29. The Kier molecular flexibility index (Phi) is 6.38. The van der Waals surface area contributed by atoms with E-state index in [2.05, 4.69) is 10.3 Å². The molecule has 3 rings (SSSR count). The first-order chi connectivity index (χ1) is 14.3. The first kappa shape index (κ1) is 21.7. The zero-order valence-corrected chi connectivity index (χ0v) is 18.4. The Bertz CT molecular complexity index is 1150. The molecule has 0 bridgehead atoms. The molecule has 0 spiro atoms. The molecule has 1 amide bonds. The van der Waals surface area contributed by atoms with Crippen LogP contribution in [0.4, 0.5) is 5.69 Å². The molecule has 0 atom stereocenters. The van der Waals surface area contributed by atoms with Crippen LogP contribution in [-0.2, 0) is 16.4 Å². The van der Waals surface area contributed by atoms with Crippen molar-refractivity contribution < 1.29 is 13.2 Å². The van der Waals surface area contributed by atoms with Gasteiger partial charge in [0.2, 0.25) is 10.0 Å². The van der Waals surface area contributed by atoms with Crippen LogP contribution < -0.4 is 5.32 Å². The van der Waals surface area contributed by atoms with E-state index in [-0.39, 0.29) is 10.8 Å². The highest BCUT2D eigenvalue weighted by Crippen LogP contribution is 2.24. The van der Waals surface area contributed by atoms with Crippen molar-refractivity contribution in [2.75, 3.05) is 19.4 Å². The molecule has 2 aromatic carbocycles. The molecule has 8 heteroatoms. The number of carbonyl (C=O) groups is 1. The number of benzene rings is 2. The molecule has 0 saturated heterocycles. The Balaban J connectivity index is 1.96. The zero-order chi connectivity index (χ0) is 21.9. The summed E-state index contributed by atoms with van der Waals surface area (Å²) in [6.07, 6.45) is 3.19. The summed E-state index contributed by atoms with van der Waals surface area (Å²) < 4.78 is 28.0. The number of nitrogens with zero attached hydrogens (tertiary/aromatic N) is 3. The maximum Gasteiger partial charge on any atom is 0.276 e. The number of para-hydroxylation sites is 1. The quantitative estimate of drug-likeness (QED) is 0.625. The summed E-state index contributed by atoms with van der Waals surface area (Å²) in [6, 6.07) is 14.4. The minimum atomic E-state index is -3.60. The second-order valence-electron chi connectivity index (χ2n) is 7.21. The molecule has 158 valence electrons. The van der Waals surface area contributed by atoms with E-state index in [4.69, 9.17) is 0 Å². The van der Waals surface area contributed by atoms with Crippen molar-refractivity contribution in [3.8, 4) is 5.69 Å². The van der Waals surface area contributed by atoms with E-state index < -0.39 is 10.0 Å². The molecule has 0 aliphatic rings. The second kappa shape index (κ2) is 8.81. The number of nitrogens with one attached hydrogen (secondary N) is 1. The van der Waals surface area contributed by atoms with Crippen LogP contribution in [0, 0.1) is 6.92 Å². The fraction of sp³-hybridized carbons (Fsp3) is 0.273. The molecule has 0 unspecified atom stereocenters. The minimum absolute atomic E-state index is 0.122. The van der Waals surface area contributed by atoms with Crippen molar-refractivity contribution in [1.29, 1.82) is 0 Å². The van der Waals surface area contributed by atoms with Gasteiger partial charge in [-0.15, -0.1) is 0 Å². The van der Waals surface area contributed by atoms with Gasteiger partial charge in [0.15, 0.2) is 0 Å². The van der Waals surface area contributed by atoms with Crippen LogP contribution >= 0.6 is 0 Å². The molecule has 3 aromatic rings. The predicted octanol–water partition coefficient (Wildman–Crippen LogP) is 3.64. The second-order valence-corrected chi connectivity index (χ2v) is 9.37. The lowest BCUT2D eigenvalue weighted by atomic mass is 10.1. The molecule has 1 aromatic heterocycles. The summed E-state index contributed by atoms with van der Waals surface area (Å²) >= 11 is 0. The number of imidazole rings is 1. The number of rotatable bonds is 7. The van der Waals surface area contributed by atoms with Gasteiger partial charge in [0.25, 0.3) is 5.91 Å². The van der Waals surface area contributed by atoms with Gasteiger partial charge in [0.05, 0.1) is 10.6 Å². The third-order valence-corrected chi connectivity index (χ3v) is 6.65. The molecule has 0 saturated carbocycles. The van der Waals surface area contributed by atoms with E-state index in [1.807, 2.05) is 48.7 Å². The highest BCUT2D eigenvalue weighted by molar-refractivity contribution is 7.89. The third-order valence-electron chi connectivity index (χ3n) is 4.84. The summed E-state index contributed by atoms with van der Waals surface area (Å²) in [5, 5.41) is 2.84. The lowest BCUT2D eigenvalue weighted by Crippen LogP contribution is -2.22. The lowest BCUT2D eigenvalue weighted by Gasteiger charge is -2.14. The van der Waals surface area contributed by atoms with Crippen molar-refractivity contribution in [1.82, 2.24) is 13.9 Å². The summed E-state index contributed by atoms with van der Waals surface area (Å²) in [6.45, 7) is 3.86. The number of hydrogen-bond acceptors (Lipinski definition) is 4. The number of sulfonamides is 1.